The molecule has 0 radical (unpaired) electrons. The van der Waals surface area contributed by atoms with E-state index < -0.39 is 24.5 Å². The summed E-state index contributed by atoms with van der Waals surface area (Å²) in [7, 11) is 0. The molecule has 0 aliphatic heterocycles. The smallest absolute Gasteiger partial charge is 0.348 e. The normalized spacial score (nSPS) is 10.6. The molecular formula is C19H20N4O4S. The molecule has 1 aromatic carbocycles. The zero-order chi connectivity index (χ0) is 20.1. The number of urea groups is 1. The highest BCUT2D eigenvalue weighted by molar-refractivity contribution is 7.20. The topological polar surface area (TPSA) is 102 Å². The van der Waals surface area contributed by atoms with Crippen molar-refractivity contribution < 1.29 is 19.1 Å². The van der Waals surface area contributed by atoms with E-state index >= 15 is 0 Å². The van der Waals surface area contributed by atoms with Crippen LogP contribution in [0.4, 0.5) is 4.79 Å². The summed E-state index contributed by atoms with van der Waals surface area (Å²) in [6, 6.07) is 11.0. The largest absolute Gasteiger partial charge is 0.451 e. The van der Waals surface area contributed by atoms with Crippen molar-refractivity contribution in [3.63, 3.8) is 0 Å². The maximum Gasteiger partial charge on any atom is 0.348 e. The molecule has 0 aliphatic rings. The van der Waals surface area contributed by atoms with Crippen molar-refractivity contribution in [2.24, 2.45) is 0 Å². The zero-order valence-corrected chi connectivity index (χ0v) is 16.3. The van der Waals surface area contributed by atoms with Gasteiger partial charge >= 0.3 is 12.0 Å². The first-order valence-corrected chi connectivity index (χ1v) is 9.55. The first-order valence-electron chi connectivity index (χ1n) is 8.73. The molecule has 0 fully saturated rings. The molecule has 3 amide bonds. The molecule has 0 unspecified atom stereocenters. The van der Waals surface area contributed by atoms with Gasteiger partial charge in [-0.25, -0.2) is 9.59 Å². The number of benzene rings is 1. The molecule has 2 aromatic heterocycles. The van der Waals surface area contributed by atoms with Crippen LogP contribution in [-0.2, 0) is 16.1 Å². The van der Waals surface area contributed by atoms with Crippen LogP contribution >= 0.6 is 11.3 Å². The van der Waals surface area contributed by atoms with Crippen LogP contribution < -0.4 is 10.6 Å². The van der Waals surface area contributed by atoms with Crippen molar-refractivity contribution in [1.82, 2.24) is 20.4 Å². The number of amides is 3. The van der Waals surface area contributed by atoms with E-state index in [2.05, 4.69) is 15.7 Å². The van der Waals surface area contributed by atoms with Crippen LogP contribution in [0.25, 0.3) is 10.2 Å². The van der Waals surface area contributed by atoms with Crippen LogP contribution in [0, 0.1) is 6.92 Å². The predicted molar refractivity (Wildman–Crippen MR) is 105 cm³/mol. The number of thiophene rings is 1. The van der Waals surface area contributed by atoms with Gasteiger partial charge in [0.15, 0.2) is 6.61 Å². The Balaban J connectivity index is 1.68. The van der Waals surface area contributed by atoms with Crippen molar-refractivity contribution in [1.29, 1.82) is 0 Å². The highest BCUT2D eigenvalue weighted by Gasteiger charge is 2.18. The molecule has 3 rings (SSSR count). The Bertz CT molecular complexity index is 1010. The Hall–Kier alpha value is -3.20. The lowest BCUT2D eigenvalue weighted by atomic mass is 10.2. The number of hydrogen-bond donors (Lipinski definition) is 2. The van der Waals surface area contributed by atoms with Crippen LogP contribution in [-0.4, -0.2) is 40.8 Å². The fourth-order valence-corrected chi connectivity index (χ4v) is 3.70. The van der Waals surface area contributed by atoms with Crippen molar-refractivity contribution in [2.75, 3.05) is 13.2 Å². The lowest BCUT2D eigenvalue weighted by molar-refractivity contribution is -0.123. The van der Waals surface area contributed by atoms with Crippen LogP contribution in [0.2, 0.25) is 0 Å². The van der Waals surface area contributed by atoms with Gasteiger partial charge in [0.2, 0.25) is 0 Å². The van der Waals surface area contributed by atoms with Crippen LogP contribution in [0.1, 0.15) is 27.9 Å². The number of nitrogens with one attached hydrogen (secondary N) is 2. The van der Waals surface area contributed by atoms with Crippen molar-refractivity contribution >= 4 is 39.5 Å². The van der Waals surface area contributed by atoms with Crippen molar-refractivity contribution in [2.45, 2.75) is 20.4 Å². The van der Waals surface area contributed by atoms with E-state index in [1.54, 1.807) is 13.0 Å². The second kappa shape index (κ2) is 8.66. The standard InChI is InChI=1S/C19H20N4O4S/c1-3-20-19(26)21-16(24)11-27-18(25)15-9-14-12(2)22-23(17(14)28-15)10-13-7-5-4-6-8-13/h4-9H,3,10-11H2,1-2H3,(H2,20,21,24,26). The Labute approximate surface area is 165 Å². The highest BCUT2D eigenvalue weighted by Crippen LogP contribution is 2.29. The molecule has 146 valence electrons. The van der Waals surface area contributed by atoms with Gasteiger partial charge in [-0.1, -0.05) is 30.3 Å². The van der Waals surface area contributed by atoms with Crippen molar-refractivity contribution in [3.05, 3.63) is 52.5 Å². The molecule has 0 aliphatic carbocycles. The lowest BCUT2D eigenvalue weighted by Gasteiger charge is -2.05. The zero-order valence-electron chi connectivity index (χ0n) is 15.5. The Morgan fingerprint density at radius 1 is 1.21 bits per heavy atom. The molecule has 2 N–H and O–H groups in total. The van der Waals surface area contributed by atoms with Gasteiger partial charge < -0.3 is 10.1 Å². The molecule has 9 heteroatoms. The number of ether oxygens (including phenoxy) is 1. The minimum Gasteiger partial charge on any atom is -0.451 e. The van der Waals surface area contributed by atoms with Gasteiger partial charge in [0.1, 0.15) is 9.71 Å². The molecule has 3 aromatic rings. The quantitative estimate of drug-likeness (QED) is 0.619. The number of rotatable bonds is 6. The molecular weight excluding hydrogens is 380 g/mol. The number of aryl methyl sites for hydroxylation is 1. The summed E-state index contributed by atoms with van der Waals surface area (Å²) in [6.45, 7) is 4.06. The lowest BCUT2D eigenvalue weighted by Crippen LogP contribution is -2.41. The van der Waals surface area contributed by atoms with Crippen LogP contribution in [0.5, 0.6) is 0 Å². The number of nitrogens with zero attached hydrogens (tertiary/aromatic N) is 2. The summed E-state index contributed by atoms with van der Waals surface area (Å²) in [5, 5.41) is 9.91. The Morgan fingerprint density at radius 2 is 1.96 bits per heavy atom. The summed E-state index contributed by atoms with van der Waals surface area (Å²) >= 11 is 1.26. The van der Waals surface area contributed by atoms with E-state index in [0.29, 0.717) is 18.0 Å². The number of fused-ring (bicyclic) bond motifs is 1. The molecule has 0 bridgehead atoms. The minimum atomic E-state index is -0.688. The van der Waals surface area contributed by atoms with Gasteiger partial charge in [-0.05, 0) is 25.5 Å². The van der Waals surface area contributed by atoms with Gasteiger partial charge in [0.25, 0.3) is 5.91 Å². The molecule has 8 nitrogen and oxygen atoms in total. The molecule has 0 saturated carbocycles. The van der Waals surface area contributed by atoms with Gasteiger partial charge in [-0.15, -0.1) is 11.3 Å². The third-order valence-corrected chi connectivity index (χ3v) is 5.04. The summed E-state index contributed by atoms with van der Waals surface area (Å²) in [5.41, 5.74) is 1.92. The molecule has 2 heterocycles. The molecule has 0 spiro atoms. The van der Waals surface area contributed by atoms with Crippen molar-refractivity contribution in [3.8, 4) is 0 Å². The molecule has 28 heavy (non-hydrogen) atoms. The Kier molecular flexibility index (Phi) is 6.05. The average molecular weight is 400 g/mol. The Morgan fingerprint density at radius 3 is 2.68 bits per heavy atom. The highest BCUT2D eigenvalue weighted by atomic mass is 32.1. The summed E-state index contributed by atoms with van der Waals surface area (Å²) in [6.07, 6.45) is 0. The van der Waals surface area contributed by atoms with E-state index in [-0.39, 0.29) is 0 Å². The SMILES string of the molecule is CCNC(=O)NC(=O)COC(=O)c1cc2c(C)nn(Cc3ccccc3)c2s1. The third kappa shape index (κ3) is 4.55. The number of carbonyl (C=O) groups excluding carboxylic acids is 3. The van der Waals surface area contributed by atoms with Gasteiger partial charge in [0.05, 0.1) is 12.2 Å². The number of hydrogen-bond acceptors (Lipinski definition) is 6. The predicted octanol–water partition coefficient (Wildman–Crippen LogP) is 2.46. The van der Waals surface area contributed by atoms with Gasteiger partial charge in [-0.3, -0.25) is 14.8 Å². The monoisotopic (exact) mass is 400 g/mol. The number of imide groups is 1. The molecule has 0 atom stereocenters. The maximum atomic E-state index is 12.3. The number of aromatic nitrogens is 2. The van der Waals surface area contributed by atoms with Crippen LogP contribution in [0.15, 0.2) is 36.4 Å². The first kappa shape index (κ1) is 19.6. The summed E-state index contributed by atoms with van der Waals surface area (Å²) in [5.74, 6) is -1.30. The maximum absolute atomic E-state index is 12.3. The number of carbonyl (C=O) groups is 3. The van der Waals surface area contributed by atoms with E-state index in [9.17, 15) is 14.4 Å². The first-order chi connectivity index (χ1) is 13.5. The third-order valence-electron chi connectivity index (χ3n) is 3.91. The van der Waals surface area contributed by atoms with E-state index in [4.69, 9.17) is 4.74 Å². The van der Waals surface area contributed by atoms with E-state index in [1.807, 2.05) is 41.9 Å². The fourth-order valence-electron chi connectivity index (χ4n) is 2.65. The average Bonchev–Trinajstić information content (AvgIpc) is 3.22. The summed E-state index contributed by atoms with van der Waals surface area (Å²) in [4.78, 5) is 36.4. The van der Waals surface area contributed by atoms with Crippen LogP contribution in [0.3, 0.4) is 0 Å². The molecule has 0 saturated heterocycles. The second-order valence-electron chi connectivity index (χ2n) is 6.04. The fraction of sp³-hybridized carbons (Fsp3) is 0.263. The van der Waals surface area contributed by atoms with E-state index in [1.165, 1.54) is 11.3 Å². The minimum absolute atomic E-state index is 0.378. The van der Waals surface area contributed by atoms with E-state index in [0.717, 1.165) is 21.5 Å². The number of esters is 1. The second-order valence-corrected chi connectivity index (χ2v) is 7.07. The van der Waals surface area contributed by atoms with Gasteiger partial charge in [0, 0.05) is 11.9 Å². The summed E-state index contributed by atoms with van der Waals surface area (Å²) < 4.78 is 6.87. The van der Waals surface area contributed by atoms with Gasteiger partial charge in [-0.2, -0.15) is 5.10 Å².